The van der Waals surface area contributed by atoms with Gasteiger partial charge in [-0.1, -0.05) is 84.9 Å². The predicted octanol–water partition coefficient (Wildman–Crippen LogP) is 7.02. The van der Waals surface area contributed by atoms with Crippen molar-refractivity contribution in [2.75, 3.05) is 5.73 Å². The number of rotatable bonds is 4. The van der Waals surface area contributed by atoms with Crippen LogP contribution in [0, 0.1) is 0 Å². The van der Waals surface area contributed by atoms with Gasteiger partial charge in [0.15, 0.2) is 0 Å². The number of benzene rings is 4. The lowest BCUT2D eigenvalue weighted by molar-refractivity contribution is 1.23. The van der Waals surface area contributed by atoms with Gasteiger partial charge in [0.05, 0.1) is 11.4 Å². The molecule has 0 fully saturated rings. The van der Waals surface area contributed by atoms with Crippen molar-refractivity contribution >= 4 is 17.1 Å². The first-order valence-electron chi connectivity index (χ1n) is 8.83. The molecule has 0 bridgehead atoms. The van der Waals surface area contributed by atoms with Crippen LogP contribution in [0.3, 0.4) is 0 Å². The fraction of sp³-hybridized carbons (Fsp3) is 0. The molecule has 0 spiro atoms. The molecule has 3 heteroatoms. The Morgan fingerprint density at radius 1 is 0.519 bits per heavy atom. The van der Waals surface area contributed by atoms with Crippen molar-refractivity contribution in [2.24, 2.45) is 10.2 Å². The lowest BCUT2D eigenvalue weighted by Crippen LogP contribution is -1.94. The van der Waals surface area contributed by atoms with E-state index in [1.54, 1.807) is 0 Å². The monoisotopic (exact) mass is 349 g/mol. The molecule has 0 saturated heterocycles. The van der Waals surface area contributed by atoms with Gasteiger partial charge in [0, 0.05) is 5.56 Å². The molecule has 0 saturated carbocycles. The number of azo groups is 1. The molecule has 4 rings (SSSR count). The van der Waals surface area contributed by atoms with Crippen LogP contribution in [0.25, 0.3) is 22.3 Å². The predicted molar refractivity (Wildman–Crippen MR) is 112 cm³/mol. The van der Waals surface area contributed by atoms with E-state index in [0.717, 1.165) is 27.9 Å². The average Bonchev–Trinajstić information content (AvgIpc) is 2.74. The molecule has 0 aromatic heterocycles. The van der Waals surface area contributed by atoms with Gasteiger partial charge in [-0.05, 0) is 34.9 Å². The molecule has 2 N–H and O–H groups in total. The Kier molecular flexibility index (Phi) is 4.75. The highest BCUT2D eigenvalue weighted by Gasteiger charge is 2.14. The van der Waals surface area contributed by atoms with Gasteiger partial charge in [0.2, 0.25) is 0 Å². The largest absolute Gasteiger partial charge is 0.396 e. The van der Waals surface area contributed by atoms with Crippen molar-refractivity contribution < 1.29 is 0 Å². The number of nitrogens with two attached hydrogens (primary N) is 1. The van der Waals surface area contributed by atoms with Gasteiger partial charge in [0.25, 0.3) is 0 Å². The van der Waals surface area contributed by atoms with Crippen LogP contribution in [0.1, 0.15) is 0 Å². The third-order valence-corrected chi connectivity index (χ3v) is 4.40. The molecule has 27 heavy (non-hydrogen) atoms. The van der Waals surface area contributed by atoms with Crippen molar-refractivity contribution in [1.82, 2.24) is 0 Å². The SMILES string of the molecule is Nc1c(N=Nc2ccccc2)ccc(-c2ccccc2)c1-c1ccccc1. The number of hydrogen-bond acceptors (Lipinski definition) is 3. The van der Waals surface area contributed by atoms with Gasteiger partial charge < -0.3 is 5.73 Å². The van der Waals surface area contributed by atoms with Gasteiger partial charge in [-0.2, -0.15) is 5.11 Å². The maximum atomic E-state index is 6.56. The van der Waals surface area contributed by atoms with Crippen molar-refractivity contribution in [3.8, 4) is 22.3 Å². The molecule has 4 aromatic rings. The van der Waals surface area contributed by atoms with Gasteiger partial charge >= 0.3 is 0 Å². The molecular weight excluding hydrogens is 330 g/mol. The zero-order valence-electron chi connectivity index (χ0n) is 14.8. The van der Waals surface area contributed by atoms with E-state index in [4.69, 9.17) is 5.73 Å². The minimum Gasteiger partial charge on any atom is -0.396 e. The van der Waals surface area contributed by atoms with E-state index in [-0.39, 0.29) is 0 Å². The molecule has 0 heterocycles. The Labute approximate surface area is 158 Å². The van der Waals surface area contributed by atoms with E-state index < -0.39 is 0 Å². The first-order chi connectivity index (χ1) is 13.3. The lowest BCUT2D eigenvalue weighted by Gasteiger charge is -2.14. The van der Waals surface area contributed by atoms with E-state index in [1.807, 2.05) is 72.8 Å². The van der Waals surface area contributed by atoms with E-state index >= 15 is 0 Å². The summed E-state index contributed by atoms with van der Waals surface area (Å²) >= 11 is 0. The number of nitrogens with zero attached hydrogens (tertiary/aromatic N) is 2. The van der Waals surface area contributed by atoms with Crippen LogP contribution in [0.5, 0.6) is 0 Å². The Bertz CT molecular complexity index is 1060. The molecule has 0 aliphatic rings. The van der Waals surface area contributed by atoms with Gasteiger partial charge in [-0.15, -0.1) is 5.11 Å². The third kappa shape index (κ3) is 3.62. The first-order valence-corrected chi connectivity index (χ1v) is 8.83. The maximum absolute atomic E-state index is 6.56. The van der Waals surface area contributed by atoms with Crippen LogP contribution in [0.2, 0.25) is 0 Å². The Hall–Kier alpha value is -3.72. The highest BCUT2D eigenvalue weighted by molar-refractivity contribution is 5.95. The van der Waals surface area contributed by atoms with Crippen LogP contribution in [-0.4, -0.2) is 0 Å². The summed E-state index contributed by atoms with van der Waals surface area (Å²) in [5.74, 6) is 0. The molecule has 0 aliphatic carbocycles. The smallest absolute Gasteiger partial charge is 0.109 e. The van der Waals surface area contributed by atoms with Crippen molar-refractivity contribution in [2.45, 2.75) is 0 Å². The van der Waals surface area contributed by atoms with E-state index in [0.29, 0.717) is 11.4 Å². The van der Waals surface area contributed by atoms with Crippen LogP contribution in [-0.2, 0) is 0 Å². The minimum absolute atomic E-state index is 0.627. The molecule has 0 amide bonds. The Balaban J connectivity index is 1.86. The molecule has 130 valence electrons. The summed E-state index contributed by atoms with van der Waals surface area (Å²) in [6.07, 6.45) is 0. The summed E-state index contributed by atoms with van der Waals surface area (Å²) in [6.45, 7) is 0. The zero-order chi connectivity index (χ0) is 18.5. The lowest BCUT2D eigenvalue weighted by atomic mass is 9.92. The van der Waals surface area contributed by atoms with Crippen LogP contribution in [0.4, 0.5) is 17.1 Å². The standard InChI is InChI=1S/C24H19N3/c25-24-22(27-26-20-14-8-3-9-15-20)17-16-21(18-10-4-1-5-11-18)23(24)19-12-6-2-7-13-19/h1-17H,25H2. The molecule has 0 atom stereocenters. The number of nitrogen functional groups attached to an aromatic ring is 1. The number of hydrogen-bond donors (Lipinski definition) is 1. The van der Waals surface area contributed by atoms with Crippen molar-refractivity contribution in [1.29, 1.82) is 0 Å². The van der Waals surface area contributed by atoms with E-state index in [1.165, 1.54) is 0 Å². The summed E-state index contributed by atoms with van der Waals surface area (Å²) in [5.41, 5.74) is 12.9. The fourth-order valence-electron chi connectivity index (χ4n) is 3.08. The second-order valence-corrected chi connectivity index (χ2v) is 6.19. The molecule has 4 aromatic carbocycles. The second kappa shape index (κ2) is 7.67. The Morgan fingerprint density at radius 3 is 1.70 bits per heavy atom. The van der Waals surface area contributed by atoms with Gasteiger partial charge in [-0.3, -0.25) is 0 Å². The summed E-state index contributed by atoms with van der Waals surface area (Å²) in [5, 5.41) is 8.72. The topological polar surface area (TPSA) is 50.7 Å². The normalized spacial score (nSPS) is 11.0. The third-order valence-electron chi connectivity index (χ3n) is 4.40. The van der Waals surface area contributed by atoms with Crippen LogP contribution < -0.4 is 5.73 Å². The van der Waals surface area contributed by atoms with Crippen molar-refractivity contribution in [3.63, 3.8) is 0 Å². The summed E-state index contributed by atoms with van der Waals surface area (Å²) in [7, 11) is 0. The maximum Gasteiger partial charge on any atom is 0.109 e. The number of anilines is 1. The van der Waals surface area contributed by atoms with Gasteiger partial charge in [-0.25, -0.2) is 0 Å². The Morgan fingerprint density at radius 2 is 1.07 bits per heavy atom. The quantitative estimate of drug-likeness (QED) is 0.312. The second-order valence-electron chi connectivity index (χ2n) is 6.19. The van der Waals surface area contributed by atoms with Gasteiger partial charge in [0.1, 0.15) is 5.69 Å². The average molecular weight is 349 g/mol. The molecular formula is C24H19N3. The van der Waals surface area contributed by atoms with Crippen LogP contribution in [0.15, 0.2) is 113 Å². The summed E-state index contributed by atoms with van der Waals surface area (Å²) < 4.78 is 0. The highest BCUT2D eigenvalue weighted by atomic mass is 15.1. The van der Waals surface area contributed by atoms with Crippen molar-refractivity contribution in [3.05, 3.63) is 103 Å². The molecule has 0 radical (unpaired) electrons. The minimum atomic E-state index is 0.627. The zero-order valence-corrected chi connectivity index (χ0v) is 14.8. The first kappa shape index (κ1) is 16.7. The van der Waals surface area contributed by atoms with E-state index in [9.17, 15) is 0 Å². The molecule has 3 nitrogen and oxygen atoms in total. The fourth-order valence-corrected chi connectivity index (χ4v) is 3.08. The molecule has 0 aliphatic heterocycles. The molecule has 0 unspecified atom stereocenters. The summed E-state index contributed by atoms with van der Waals surface area (Å²) in [6, 6.07) is 34.1. The van der Waals surface area contributed by atoms with E-state index in [2.05, 4.69) is 40.6 Å². The summed E-state index contributed by atoms with van der Waals surface area (Å²) in [4.78, 5) is 0. The van der Waals surface area contributed by atoms with Crippen LogP contribution >= 0.6 is 0 Å². The highest BCUT2D eigenvalue weighted by Crippen LogP contribution is 2.41.